The van der Waals surface area contributed by atoms with E-state index in [1.807, 2.05) is 24.1 Å². The molecule has 0 unspecified atom stereocenters. The van der Waals surface area contributed by atoms with Gasteiger partial charge in [-0.25, -0.2) is 0 Å². The van der Waals surface area contributed by atoms with Crippen LogP contribution in [0, 0.1) is 0 Å². The largest absolute Gasteiger partial charge is 0.383 e. The fourth-order valence-corrected chi connectivity index (χ4v) is 1.54. The Bertz CT molecular complexity index is 343. The van der Waals surface area contributed by atoms with Crippen molar-refractivity contribution in [2.24, 2.45) is 0 Å². The second-order valence-corrected chi connectivity index (χ2v) is 4.19. The van der Waals surface area contributed by atoms with Crippen LogP contribution in [0.3, 0.4) is 0 Å². The third kappa shape index (κ3) is 6.32. The highest BCUT2D eigenvalue weighted by atomic mass is 16.5. The van der Waals surface area contributed by atoms with Crippen molar-refractivity contribution in [1.82, 2.24) is 15.2 Å². The summed E-state index contributed by atoms with van der Waals surface area (Å²) in [7, 11) is 3.56. The van der Waals surface area contributed by atoms with Gasteiger partial charge in [0.1, 0.15) is 0 Å². The van der Waals surface area contributed by atoms with Crippen molar-refractivity contribution < 1.29 is 9.53 Å². The van der Waals surface area contributed by atoms with Gasteiger partial charge in [0, 0.05) is 32.6 Å². The molecule has 0 aliphatic carbocycles. The summed E-state index contributed by atoms with van der Waals surface area (Å²) in [6.45, 7) is 2.37. The van der Waals surface area contributed by atoms with E-state index in [1.54, 1.807) is 19.5 Å². The Morgan fingerprint density at radius 1 is 1.44 bits per heavy atom. The molecule has 1 amide bonds. The molecule has 100 valence electrons. The lowest BCUT2D eigenvalue weighted by Crippen LogP contribution is -2.37. The molecule has 5 nitrogen and oxygen atoms in total. The van der Waals surface area contributed by atoms with Gasteiger partial charge in [0.15, 0.2) is 0 Å². The van der Waals surface area contributed by atoms with Gasteiger partial charge < -0.3 is 10.1 Å². The van der Waals surface area contributed by atoms with Crippen LogP contribution >= 0.6 is 0 Å². The molecule has 1 aromatic rings. The molecule has 1 rings (SSSR count). The summed E-state index contributed by atoms with van der Waals surface area (Å²) in [6.07, 6.45) is 4.49. The van der Waals surface area contributed by atoms with E-state index in [4.69, 9.17) is 4.74 Å². The van der Waals surface area contributed by atoms with Crippen LogP contribution in [0.5, 0.6) is 0 Å². The number of nitrogens with zero attached hydrogens (tertiary/aromatic N) is 2. The fourth-order valence-electron chi connectivity index (χ4n) is 1.54. The van der Waals surface area contributed by atoms with Gasteiger partial charge in [0.25, 0.3) is 0 Å². The summed E-state index contributed by atoms with van der Waals surface area (Å²) in [5, 5.41) is 2.80. The molecule has 0 atom stereocenters. The molecule has 0 bridgehead atoms. The summed E-state index contributed by atoms with van der Waals surface area (Å²) in [5.41, 5.74) is 1.23. The van der Waals surface area contributed by atoms with Crippen LogP contribution in [-0.4, -0.2) is 56.2 Å². The normalized spacial score (nSPS) is 10.6. The second kappa shape index (κ2) is 8.60. The van der Waals surface area contributed by atoms with Crippen molar-refractivity contribution in [2.45, 2.75) is 6.42 Å². The maximum Gasteiger partial charge on any atom is 0.234 e. The molecule has 0 radical (unpaired) electrons. The molecule has 1 N–H and O–H groups in total. The minimum Gasteiger partial charge on any atom is -0.383 e. The van der Waals surface area contributed by atoms with E-state index in [9.17, 15) is 4.79 Å². The summed E-state index contributed by atoms with van der Waals surface area (Å²) >= 11 is 0. The van der Waals surface area contributed by atoms with Gasteiger partial charge in [-0.1, -0.05) is 0 Å². The van der Waals surface area contributed by atoms with Crippen molar-refractivity contribution in [3.63, 3.8) is 0 Å². The zero-order valence-electron chi connectivity index (χ0n) is 11.1. The first-order valence-electron chi connectivity index (χ1n) is 6.05. The zero-order chi connectivity index (χ0) is 13.2. The minimum atomic E-state index is 0.0317. The van der Waals surface area contributed by atoms with Gasteiger partial charge in [-0.3, -0.25) is 14.7 Å². The molecule has 0 saturated heterocycles. The molecule has 5 heteroatoms. The Morgan fingerprint density at radius 2 is 2.17 bits per heavy atom. The van der Waals surface area contributed by atoms with E-state index in [0.29, 0.717) is 19.7 Å². The van der Waals surface area contributed by atoms with Crippen LogP contribution in [0.2, 0.25) is 0 Å². The minimum absolute atomic E-state index is 0.0317. The lowest BCUT2D eigenvalue weighted by molar-refractivity contribution is -0.122. The third-order valence-electron chi connectivity index (χ3n) is 2.57. The van der Waals surface area contributed by atoms with Crippen LogP contribution in [-0.2, 0) is 16.0 Å². The number of aromatic nitrogens is 1. The van der Waals surface area contributed by atoms with Crippen LogP contribution in [0.4, 0.5) is 0 Å². The number of hydrogen-bond donors (Lipinski definition) is 1. The Balaban J connectivity index is 2.17. The van der Waals surface area contributed by atoms with E-state index in [2.05, 4.69) is 10.3 Å². The van der Waals surface area contributed by atoms with E-state index in [1.165, 1.54) is 5.56 Å². The summed E-state index contributed by atoms with van der Waals surface area (Å²) in [4.78, 5) is 17.5. The van der Waals surface area contributed by atoms with Gasteiger partial charge in [0.05, 0.1) is 13.2 Å². The fraction of sp³-hybridized carbons (Fsp3) is 0.538. The summed E-state index contributed by atoms with van der Waals surface area (Å²) < 4.78 is 4.87. The van der Waals surface area contributed by atoms with E-state index in [-0.39, 0.29) is 5.91 Å². The summed E-state index contributed by atoms with van der Waals surface area (Å²) in [5.74, 6) is 0.0317. The van der Waals surface area contributed by atoms with Crippen molar-refractivity contribution in [2.75, 3.05) is 40.4 Å². The van der Waals surface area contributed by atoms with Crippen LogP contribution in [0.25, 0.3) is 0 Å². The monoisotopic (exact) mass is 251 g/mol. The summed E-state index contributed by atoms with van der Waals surface area (Å²) in [6, 6.07) is 3.99. The standard InChI is InChI=1S/C13H21N3O2/c1-16(11-13(17)15-8-10-18-2)9-5-12-3-6-14-7-4-12/h3-4,6-7H,5,8-11H2,1-2H3,(H,15,17). The highest BCUT2D eigenvalue weighted by Gasteiger charge is 2.05. The number of carbonyl (C=O) groups is 1. The average Bonchev–Trinajstić information content (AvgIpc) is 2.38. The quantitative estimate of drug-likeness (QED) is 0.676. The van der Waals surface area contributed by atoms with E-state index < -0.39 is 0 Å². The molecule has 0 aromatic carbocycles. The highest BCUT2D eigenvalue weighted by molar-refractivity contribution is 5.77. The number of amides is 1. The molecular formula is C13H21N3O2. The van der Waals surface area contributed by atoms with Crippen molar-refractivity contribution in [1.29, 1.82) is 0 Å². The Hall–Kier alpha value is -1.46. The van der Waals surface area contributed by atoms with Crippen molar-refractivity contribution in [3.05, 3.63) is 30.1 Å². The van der Waals surface area contributed by atoms with Crippen LogP contribution in [0.15, 0.2) is 24.5 Å². The zero-order valence-corrected chi connectivity index (χ0v) is 11.1. The average molecular weight is 251 g/mol. The topological polar surface area (TPSA) is 54.5 Å². The van der Waals surface area contributed by atoms with E-state index >= 15 is 0 Å². The maximum absolute atomic E-state index is 11.5. The van der Waals surface area contributed by atoms with E-state index in [0.717, 1.165) is 13.0 Å². The molecule has 18 heavy (non-hydrogen) atoms. The third-order valence-corrected chi connectivity index (χ3v) is 2.57. The van der Waals surface area contributed by atoms with Gasteiger partial charge in [0.2, 0.25) is 5.91 Å². The first-order chi connectivity index (χ1) is 8.72. The molecule has 1 aromatic heterocycles. The van der Waals surface area contributed by atoms with Crippen LogP contribution < -0.4 is 5.32 Å². The number of methoxy groups -OCH3 is 1. The lowest BCUT2D eigenvalue weighted by atomic mass is 10.2. The van der Waals surface area contributed by atoms with Gasteiger partial charge in [-0.15, -0.1) is 0 Å². The molecule has 0 aliphatic heterocycles. The lowest BCUT2D eigenvalue weighted by Gasteiger charge is -2.16. The van der Waals surface area contributed by atoms with Crippen molar-refractivity contribution >= 4 is 5.91 Å². The Kier molecular flexibility index (Phi) is 6.98. The maximum atomic E-state index is 11.5. The number of rotatable bonds is 8. The number of carbonyl (C=O) groups excluding carboxylic acids is 1. The van der Waals surface area contributed by atoms with Gasteiger partial charge >= 0.3 is 0 Å². The predicted octanol–water partition coefficient (Wildman–Crippen LogP) is 0.319. The number of likely N-dealkylation sites (N-methyl/N-ethyl adjacent to an activating group) is 1. The number of hydrogen-bond acceptors (Lipinski definition) is 4. The SMILES string of the molecule is COCCNC(=O)CN(C)CCc1ccncc1. The molecule has 0 spiro atoms. The van der Waals surface area contributed by atoms with Gasteiger partial charge in [-0.2, -0.15) is 0 Å². The highest BCUT2D eigenvalue weighted by Crippen LogP contribution is 1.98. The first kappa shape index (κ1) is 14.6. The number of ether oxygens (including phenoxy) is 1. The Morgan fingerprint density at radius 3 is 2.83 bits per heavy atom. The van der Waals surface area contributed by atoms with Crippen LogP contribution in [0.1, 0.15) is 5.56 Å². The Labute approximate surface area is 108 Å². The molecular weight excluding hydrogens is 230 g/mol. The second-order valence-electron chi connectivity index (χ2n) is 4.19. The molecule has 0 saturated carbocycles. The molecule has 0 fully saturated rings. The number of pyridine rings is 1. The smallest absolute Gasteiger partial charge is 0.234 e. The van der Waals surface area contributed by atoms with Crippen molar-refractivity contribution in [3.8, 4) is 0 Å². The predicted molar refractivity (Wildman–Crippen MR) is 70.3 cm³/mol. The number of nitrogens with one attached hydrogen (secondary N) is 1. The molecule has 0 aliphatic rings. The van der Waals surface area contributed by atoms with Gasteiger partial charge in [-0.05, 0) is 31.2 Å². The molecule has 1 heterocycles. The first-order valence-corrected chi connectivity index (χ1v) is 6.05.